The zero-order chi connectivity index (χ0) is 49.3. The van der Waals surface area contributed by atoms with E-state index in [0.29, 0.717) is 37.4 Å². The van der Waals surface area contributed by atoms with Gasteiger partial charge in [0, 0.05) is 52.0 Å². The molecule has 4 heterocycles. The van der Waals surface area contributed by atoms with Crippen molar-refractivity contribution in [2.45, 2.75) is 79.8 Å². The molecular formula is C49H50N8O9S3. The zero-order valence-corrected chi connectivity index (χ0v) is 40.9. The number of carbonyl (C=O) groups is 5. The van der Waals surface area contributed by atoms with Crippen molar-refractivity contribution in [1.82, 2.24) is 30.5 Å². The van der Waals surface area contributed by atoms with Crippen LogP contribution in [0.15, 0.2) is 147 Å². The van der Waals surface area contributed by atoms with Crippen molar-refractivity contribution < 1.29 is 43.4 Å². The fourth-order valence-corrected chi connectivity index (χ4v) is 10.5. The van der Waals surface area contributed by atoms with Crippen molar-refractivity contribution in [3.8, 4) is 0 Å². The molecule has 0 saturated carbocycles. The summed E-state index contributed by atoms with van der Waals surface area (Å²) in [5.41, 5.74) is -1.43. The number of alkyl carbamates (subject to hydrolysis) is 1. The number of fused-ring (bicyclic) bond motifs is 1. The van der Waals surface area contributed by atoms with Gasteiger partial charge < -0.3 is 30.1 Å². The van der Waals surface area contributed by atoms with Gasteiger partial charge in [0.2, 0.25) is 5.60 Å². The van der Waals surface area contributed by atoms with Gasteiger partial charge in [0.1, 0.15) is 49.9 Å². The number of nitrogens with zero attached hydrogens (tertiary/aromatic N) is 5. The third-order valence-corrected chi connectivity index (χ3v) is 13.6. The van der Waals surface area contributed by atoms with Crippen molar-refractivity contribution in [2.75, 3.05) is 23.4 Å². The number of amides is 4. The number of anilines is 1. The predicted octanol–water partition coefficient (Wildman–Crippen LogP) is 8.04. The van der Waals surface area contributed by atoms with Crippen LogP contribution in [0, 0.1) is 0 Å². The number of pyridine rings is 1. The highest BCUT2D eigenvalue weighted by molar-refractivity contribution is 8.07. The summed E-state index contributed by atoms with van der Waals surface area (Å²) in [6.45, 7) is 10.7. The average Bonchev–Trinajstić information content (AvgIpc) is 3.31. The molecule has 2 atom stereocenters. The Balaban J connectivity index is 1.18. The molecule has 3 aromatic carbocycles. The van der Waals surface area contributed by atoms with Crippen molar-refractivity contribution in [3.63, 3.8) is 0 Å². The standard InChI is InChI=1S/C49H50N8O9S3/c1-47(2,3)64-45(62)52-27-28-67-40-41(51-26-25-50-40)69-34-29-68-43-37(42(59)57(43)38(34)44(60)61)55-39(58)36(33-23-16-24-35(53-33)54-46(63)65-48(4,5)6)56-66-49(30-17-10-7-11-18-30,31-19-12-8-13-20-31)32-21-14-9-15-22-32/h7-26,37,43H,27-29H2,1-6H3,(H,52,62)(H,55,58)(H,60,61)(H,53,54,63)/t37-,43+/m1/s1. The van der Waals surface area contributed by atoms with Gasteiger partial charge in [-0.2, -0.15) is 0 Å². The van der Waals surface area contributed by atoms with Gasteiger partial charge in [0.05, 0.1) is 0 Å². The first-order chi connectivity index (χ1) is 32.9. The molecule has 2 aliphatic heterocycles. The minimum atomic E-state index is -1.42. The number of aliphatic carboxylic acids is 1. The fraction of sp³-hybridized carbons (Fsp3) is 0.286. The van der Waals surface area contributed by atoms with Crippen LogP contribution in [0.2, 0.25) is 0 Å². The lowest BCUT2D eigenvalue weighted by Crippen LogP contribution is -2.71. The van der Waals surface area contributed by atoms with Crippen LogP contribution in [0.3, 0.4) is 0 Å². The molecule has 0 unspecified atom stereocenters. The van der Waals surface area contributed by atoms with Gasteiger partial charge in [-0.3, -0.25) is 19.8 Å². The van der Waals surface area contributed by atoms with Gasteiger partial charge >= 0.3 is 18.2 Å². The lowest BCUT2D eigenvalue weighted by Gasteiger charge is -2.49. The van der Waals surface area contributed by atoms with Crippen LogP contribution in [0.1, 0.15) is 63.9 Å². The number of carboxylic acids is 1. The van der Waals surface area contributed by atoms with E-state index in [2.05, 4.69) is 36.1 Å². The van der Waals surface area contributed by atoms with Crippen LogP contribution in [0.25, 0.3) is 0 Å². The normalized spacial score (nSPS) is 16.1. The Morgan fingerprint density at radius 2 is 1.35 bits per heavy atom. The van der Waals surface area contributed by atoms with Gasteiger partial charge in [-0.05, 0) is 53.7 Å². The third kappa shape index (κ3) is 12.2. The monoisotopic (exact) mass is 990 g/mol. The van der Waals surface area contributed by atoms with Crippen molar-refractivity contribution in [2.24, 2.45) is 5.16 Å². The molecule has 2 aliphatic rings. The summed E-state index contributed by atoms with van der Waals surface area (Å²) in [6.07, 6.45) is 1.66. The molecule has 1 saturated heterocycles. The van der Waals surface area contributed by atoms with Crippen LogP contribution in [-0.4, -0.2) is 101 Å². The number of rotatable bonds is 16. The number of hydrogen-bond acceptors (Lipinski definition) is 15. The molecule has 20 heteroatoms. The molecule has 0 spiro atoms. The van der Waals surface area contributed by atoms with Crippen LogP contribution in [-0.2, 0) is 34.3 Å². The first-order valence-corrected chi connectivity index (χ1v) is 24.5. The SMILES string of the molecule is CC(C)(C)OC(=O)NCCSc1nccnc1SC1=C(C(=O)O)N2C(=O)[C@@H](NC(=O)C(=NOC(c3ccccc3)(c3ccccc3)c3ccccc3)c3cccc(NC(=O)OC(C)(C)C)n3)[C@@H]2SC1. The number of carbonyl (C=O) groups excluding carboxylic acids is 4. The number of β-lactam (4-membered cyclic amide) rings is 1. The predicted molar refractivity (Wildman–Crippen MR) is 263 cm³/mol. The Bertz CT molecular complexity index is 2660. The lowest BCUT2D eigenvalue weighted by molar-refractivity contribution is -0.150. The highest BCUT2D eigenvalue weighted by Crippen LogP contribution is 2.46. The molecule has 17 nitrogen and oxygen atoms in total. The molecule has 5 aromatic rings. The van der Waals surface area contributed by atoms with Gasteiger partial charge in [-0.25, -0.2) is 29.3 Å². The zero-order valence-electron chi connectivity index (χ0n) is 38.5. The maximum absolute atomic E-state index is 14.7. The highest BCUT2D eigenvalue weighted by atomic mass is 32.2. The minimum absolute atomic E-state index is 0.0212. The van der Waals surface area contributed by atoms with E-state index >= 15 is 0 Å². The summed E-state index contributed by atoms with van der Waals surface area (Å²) in [6, 6.07) is 31.5. The van der Waals surface area contributed by atoms with E-state index in [9.17, 15) is 29.1 Å². The Hall–Kier alpha value is -6.90. The van der Waals surface area contributed by atoms with Gasteiger partial charge in [-0.1, -0.05) is 114 Å². The molecule has 0 bridgehead atoms. The molecule has 4 amide bonds. The van der Waals surface area contributed by atoms with Crippen LogP contribution >= 0.6 is 35.3 Å². The van der Waals surface area contributed by atoms with E-state index in [1.807, 2.05) is 91.0 Å². The number of nitrogens with one attached hydrogen (secondary N) is 3. The molecule has 0 aliphatic carbocycles. The molecular weight excluding hydrogens is 941 g/mol. The Kier molecular flexibility index (Phi) is 15.6. The topological polar surface area (TPSA) is 224 Å². The van der Waals surface area contributed by atoms with E-state index in [1.165, 1.54) is 48.1 Å². The van der Waals surface area contributed by atoms with Crippen LogP contribution in [0.5, 0.6) is 0 Å². The first-order valence-electron chi connectivity index (χ1n) is 21.6. The number of carboxylic acid groups (broad SMARTS) is 1. The Morgan fingerprint density at radius 3 is 1.91 bits per heavy atom. The minimum Gasteiger partial charge on any atom is -0.477 e. The molecule has 7 rings (SSSR count). The maximum atomic E-state index is 14.7. The summed E-state index contributed by atoms with van der Waals surface area (Å²) in [7, 11) is 0. The van der Waals surface area contributed by atoms with E-state index in [4.69, 9.17) is 14.3 Å². The van der Waals surface area contributed by atoms with Gasteiger partial charge in [0.25, 0.3) is 11.8 Å². The molecule has 358 valence electrons. The molecule has 0 radical (unpaired) electrons. The van der Waals surface area contributed by atoms with Crippen LogP contribution < -0.4 is 16.0 Å². The van der Waals surface area contributed by atoms with E-state index in [1.54, 1.807) is 47.6 Å². The van der Waals surface area contributed by atoms with Crippen molar-refractivity contribution in [3.05, 3.63) is 155 Å². The summed E-state index contributed by atoms with van der Waals surface area (Å²) in [5.74, 6) is -2.25. The molecule has 69 heavy (non-hydrogen) atoms. The second-order valence-electron chi connectivity index (χ2n) is 17.3. The van der Waals surface area contributed by atoms with E-state index < -0.39 is 58.2 Å². The summed E-state index contributed by atoms with van der Waals surface area (Å²) in [4.78, 5) is 88.4. The summed E-state index contributed by atoms with van der Waals surface area (Å²) in [5, 5.41) is 23.3. The van der Waals surface area contributed by atoms with E-state index in [-0.39, 0.29) is 35.2 Å². The number of aromatic nitrogens is 3. The fourth-order valence-electron chi connectivity index (χ4n) is 7.13. The number of ether oxygens (including phenoxy) is 2. The summed E-state index contributed by atoms with van der Waals surface area (Å²) >= 11 is 3.66. The average molecular weight is 991 g/mol. The molecule has 1 fully saturated rings. The molecule has 4 N–H and O–H groups in total. The number of oxime groups is 1. The smallest absolute Gasteiger partial charge is 0.413 e. The molecule has 2 aromatic heterocycles. The second kappa shape index (κ2) is 21.6. The Labute approximate surface area is 411 Å². The Morgan fingerprint density at radius 1 is 0.783 bits per heavy atom. The lowest BCUT2D eigenvalue weighted by atomic mass is 9.80. The quantitative estimate of drug-likeness (QED) is 0.0183. The third-order valence-electron chi connectivity index (χ3n) is 9.94. The maximum Gasteiger partial charge on any atom is 0.413 e. The van der Waals surface area contributed by atoms with Crippen molar-refractivity contribution >= 4 is 76.8 Å². The second-order valence-corrected chi connectivity index (χ2v) is 20.6. The number of hydrogen-bond donors (Lipinski definition) is 4. The van der Waals surface area contributed by atoms with Gasteiger partial charge in [-0.15, -0.1) is 23.5 Å². The van der Waals surface area contributed by atoms with Crippen LogP contribution in [0.4, 0.5) is 15.4 Å². The number of benzene rings is 3. The van der Waals surface area contributed by atoms with Crippen molar-refractivity contribution in [1.29, 1.82) is 0 Å². The van der Waals surface area contributed by atoms with Gasteiger partial charge in [0.15, 0.2) is 5.71 Å². The highest BCUT2D eigenvalue weighted by Gasteiger charge is 2.55. The first kappa shape index (κ1) is 50.0. The van der Waals surface area contributed by atoms with E-state index in [0.717, 1.165) is 16.7 Å². The summed E-state index contributed by atoms with van der Waals surface area (Å²) < 4.78 is 10.7. The largest absolute Gasteiger partial charge is 0.477 e. The number of thioether (sulfide) groups is 3.